The largest absolute Gasteiger partial charge is 0.348 e. The van der Waals surface area contributed by atoms with Gasteiger partial charge in [0.15, 0.2) is 0 Å². The van der Waals surface area contributed by atoms with Crippen LogP contribution >= 0.6 is 23.2 Å². The van der Waals surface area contributed by atoms with E-state index in [1.165, 1.54) is 35.9 Å². The summed E-state index contributed by atoms with van der Waals surface area (Å²) in [4.78, 5) is 13.2. The van der Waals surface area contributed by atoms with E-state index in [1.54, 1.807) is 12.1 Å². The third kappa shape index (κ3) is 5.35. The SMILES string of the molecule is Cc1ccc(S(=O)(=O)N(CC(=O)N[C@@H]2CCCc3ccccc32)c2cc(Cl)cc(Cl)c2)cc1. The van der Waals surface area contributed by atoms with Gasteiger partial charge in [0, 0.05) is 10.0 Å². The molecule has 5 nitrogen and oxygen atoms in total. The fourth-order valence-corrected chi connectivity index (χ4v) is 6.03. The van der Waals surface area contributed by atoms with Crippen LogP contribution in [-0.4, -0.2) is 20.9 Å². The third-order valence-corrected chi connectivity index (χ3v) is 7.96. The average molecular weight is 503 g/mol. The molecular weight excluding hydrogens is 479 g/mol. The van der Waals surface area contributed by atoms with Gasteiger partial charge in [-0.05, 0) is 67.6 Å². The Bertz CT molecular complexity index is 1260. The van der Waals surface area contributed by atoms with Crippen molar-refractivity contribution < 1.29 is 13.2 Å². The van der Waals surface area contributed by atoms with Gasteiger partial charge in [-0.15, -0.1) is 0 Å². The number of halogens is 2. The minimum Gasteiger partial charge on any atom is -0.348 e. The molecule has 0 heterocycles. The molecule has 3 aromatic rings. The number of anilines is 1. The summed E-state index contributed by atoms with van der Waals surface area (Å²) in [5.41, 5.74) is 3.45. The summed E-state index contributed by atoms with van der Waals surface area (Å²) in [6, 6.07) is 18.8. The Balaban J connectivity index is 1.65. The van der Waals surface area contributed by atoms with Gasteiger partial charge < -0.3 is 5.32 Å². The minimum atomic E-state index is -4.05. The number of carbonyl (C=O) groups is 1. The molecule has 0 saturated heterocycles. The summed E-state index contributed by atoms with van der Waals surface area (Å²) in [5, 5.41) is 3.59. The van der Waals surface area contributed by atoms with Crippen LogP contribution in [0.2, 0.25) is 10.0 Å². The molecule has 33 heavy (non-hydrogen) atoms. The Morgan fingerprint density at radius 1 is 1.03 bits per heavy atom. The molecule has 1 N–H and O–H groups in total. The standard InChI is InChI=1S/C25H24Cl2N2O3S/c1-17-9-11-22(12-10-17)33(31,32)29(21-14-19(26)13-20(27)15-21)16-25(30)28-24-8-4-6-18-5-2-3-7-23(18)24/h2-3,5,7,9-15,24H,4,6,8,16H2,1H3,(H,28,30)/t24-/m1/s1. The monoisotopic (exact) mass is 502 g/mol. The Morgan fingerprint density at radius 2 is 1.70 bits per heavy atom. The Kier molecular flexibility index (Phi) is 6.98. The van der Waals surface area contributed by atoms with E-state index in [0.29, 0.717) is 0 Å². The lowest BCUT2D eigenvalue weighted by Gasteiger charge is -2.29. The summed E-state index contributed by atoms with van der Waals surface area (Å²) in [7, 11) is -4.05. The van der Waals surface area contributed by atoms with E-state index in [0.717, 1.165) is 34.7 Å². The molecule has 4 rings (SSSR count). The molecule has 3 aromatic carbocycles. The van der Waals surface area contributed by atoms with Gasteiger partial charge in [-0.1, -0.05) is 65.2 Å². The highest BCUT2D eigenvalue weighted by Crippen LogP contribution is 2.31. The van der Waals surface area contributed by atoms with Crippen LogP contribution in [0, 0.1) is 6.92 Å². The maximum absolute atomic E-state index is 13.6. The van der Waals surface area contributed by atoms with Gasteiger partial charge in [0.25, 0.3) is 10.0 Å². The number of rotatable bonds is 6. The van der Waals surface area contributed by atoms with Crippen LogP contribution in [-0.2, 0) is 21.2 Å². The lowest BCUT2D eigenvalue weighted by atomic mass is 9.88. The Morgan fingerprint density at radius 3 is 2.39 bits per heavy atom. The van der Waals surface area contributed by atoms with Crippen molar-refractivity contribution in [3.8, 4) is 0 Å². The van der Waals surface area contributed by atoms with Crippen molar-refractivity contribution in [1.82, 2.24) is 5.32 Å². The predicted molar refractivity (Wildman–Crippen MR) is 132 cm³/mol. The van der Waals surface area contributed by atoms with Crippen molar-refractivity contribution in [3.63, 3.8) is 0 Å². The Labute approximate surface area is 204 Å². The van der Waals surface area contributed by atoms with Crippen LogP contribution in [0.5, 0.6) is 0 Å². The average Bonchev–Trinajstić information content (AvgIpc) is 2.77. The van der Waals surface area contributed by atoms with Gasteiger partial charge >= 0.3 is 0 Å². The van der Waals surface area contributed by atoms with E-state index in [-0.39, 0.29) is 26.7 Å². The maximum Gasteiger partial charge on any atom is 0.264 e. The third-order valence-electron chi connectivity index (χ3n) is 5.74. The van der Waals surface area contributed by atoms with E-state index < -0.39 is 22.5 Å². The molecule has 1 aliphatic rings. The van der Waals surface area contributed by atoms with Gasteiger partial charge in [-0.2, -0.15) is 0 Å². The quantitative estimate of drug-likeness (QED) is 0.470. The van der Waals surface area contributed by atoms with Crippen molar-refractivity contribution in [1.29, 1.82) is 0 Å². The van der Waals surface area contributed by atoms with Gasteiger partial charge in [-0.25, -0.2) is 8.42 Å². The van der Waals surface area contributed by atoms with Gasteiger partial charge in [0.1, 0.15) is 6.54 Å². The fraction of sp³-hybridized carbons (Fsp3) is 0.240. The van der Waals surface area contributed by atoms with Crippen molar-refractivity contribution >= 4 is 44.8 Å². The summed E-state index contributed by atoms with van der Waals surface area (Å²) < 4.78 is 28.2. The second-order valence-corrected chi connectivity index (χ2v) is 10.9. The lowest BCUT2D eigenvalue weighted by Crippen LogP contribution is -2.42. The van der Waals surface area contributed by atoms with Crippen molar-refractivity contribution in [2.24, 2.45) is 0 Å². The predicted octanol–water partition coefficient (Wildman–Crippen LogP) is 5.69. The molecule has 0 aromatic heterocycles. The normalized spacial score (nSPS) is 15.5. The zero-order chi connectivity index (χ0) is 23.6. The first-order valence-electron chi connectivity index (χ1n) is 10.7. The molecular formula is C25H24Cl2N2O3S. The van der Waals surface area contributed by atoms with Crippen LogP contribution in [0.4, 0.5) is 5.69 Å². The number of carbonyl (C=O) groups excluding carboxylic acids is 1. The van der Waals surface area contributed by atoms with E-state index in [2.05, 4.69) is 11.4 Å². The number of hydrogen-bond acceptors (Lipinski definition) is 3. The highest BCUT2D eigenvalue weighted by atomic mass is 35.5. The molecule has 0 unspecified atom stereocenters. The number of amides is 1. The molecule has 0 spiro atoms. The topological polar surface area (TPSA) is 66.5 Å². The van der Waals surface area contributed by atoms with Crippen molar-refractivity contribution in [3.05, 3.63) is 93.5 Å². The zero-order valence-electron chi connectivity index (χ0n) is 18.1. The van der Waals surface area contributed by atoms with Crippen molar-refractivity contribution in [2.45, 2.75) is 37.1 Å². The van der Waals surface area contributed by atoms with E-state index in [1.807, 2.05) is 25.1 Å². The smallest absolute Gasteiger partial charge is 0.264 e. The summed E-state index contributed by atoms with van der Waals surface area (Å²) in [6.45, 7) is 1.48. The number of fused-ring (bicyclic) bond motifs is 1. The van der Waals surface area contributed by atoms with E-state index >= 15 is 0 Å². The first-order chi connectivity index (χ1) is 15.7. The van der Waals surface area contributed by atoms with Crippen LogP contribution in [0.15, 0.2) is 71.6 Å². The lowest BCUT2D eigenvalue weighted by molar-refractivity contribution is -0.120. The number of nitrogens with zero attached hydrogens (tertiary/aromatic N) is 1. The molecule has 0 saturated carbocycles. The minimum absolute atomic E-state index is 0.0833. The van der Waals surface area contributed by atoms with Gasteiger partial charge in [0.05, 0.1) is 16.6 Å². The fourth-order valence-electron chi connectivity index (χ4n) is 4.11. The maximum atomic E-state index is 13.6. The number of sulfonamides is 1. The number of aryl methyl sites for hydroxylation is 2. The molecule has 0 fully saturated rings. The molecule has 1 atom stereocenters. The second-order valence-electron chi connectivity index (χ2n) is 8.16. The van der Waals surface area contributed by atoms with Gasteiger partial charge in [0.2, 0.25) is 5.91 Å². The number of hydrogen-bond donors (Lipinski definition) is 1. The summed E-state index contributed by atoms with van der Waals surface area (Å²) >= 11 is 12.3. The van der Waals surface area contributed by atoms with E-state index in [9.17, 15) is 13.2 Å². The molecule has 1 amide bonds. The van der Waals surface area contributed by atoms with Crippen LogP contribution in [0.3, 0.4) is 0 Å². The highest BCUT2D eigenvalue weighted by Gasteiger charge is 2.29. The number of nitrogens with one attached hydrogen (secondary N) is 1. The summed E-state index contributed by atoms with van der Waals surface area (Å²) in [6.07, 6.45) is 2.73. The zero-order valence-corrected chi connectivity index (χ0v) is 20.4. The number of benzene rings is 3. The first kappa shape index (κ1) is 23.6. The molecule has 0 radical (unpaired) electrons. The van der Waals surface area contributed by atoms with Crippen molar-refractivity contribution in [2.75, 3.05) is 10.8 Å². The molecule has 0 aliphatic heterocycles. The molecule has 172 valence electrons. The first-order valence-corrected chi connectivity index (χ1v) is 12.9. The van der Waals surface area contributed by atoms with Crippen LogP contribution in [0.1, 0.15) is 35.6 Å². The van der Waals surface area contributed by atoms with E-state index in [4.69, 9.17) is 23.2 Å². The summed E-state index contributed by atoms with van der Waals surface area (Å²) in [5.74, 6) is -0.400. The van der Waals surface area contributed by atoms with Gasteiger partial charge in [-0.3, -0.25) is 9.10 Å². The van der Waals surface area contributed by atoms with Crippen LogP contribution < -0.4 is 9.62 Å². The Hall–Kier alpha value is -2.54. The highest BCUT2D eigenvalue weighted by molar-refractivity contribution is 7.92. The second kappa shape index (κ2) is 9.75. The molecule has 8 heteroatoms. The van der Waals surface area contributed by atoms with Crippen LogP contribution in [0.25, 0.3) is 0 Å². The molecule has 0 bridgehead atoms. The molecule has 1 aliphatic carbocycles.